The number of hydrogen-bond donors (Lipinski definition) is 1. The third-order valence-electron chi connectivity index (χ3n) is 3.50. The summed E-state index contributed by atoms with van der Waals surface area (Å²) in [5.74, 6) is 1.81. The van der Waals surface area contributed by atoms with Crippen LogP contribution in [-0.2, 0) is 6.42 Å². The Labute approximate surface area is 106 Å². The van der Waals surface area contributed by atoms with E-state index in [9.17, 15) is 0 Å². The lowest BCUT2D eigenvalue weighted by Gasteiger charge is -2.02. The summed E-state index contributed by atoms with van der Waals surface area (Å²) < 4.78 is 5.74. The first-order valence-electron chi connectivity index (χ1n) is 6.43. The van der Waals surface area contributed by atoms with Crippen LogP contribution in [0.1, 0.15) is 42.5 Å². The van der Waals surface area contributed by atoms with Gasteiger partial charge in [0, 0.05) is 12.0 Å². The molecule has 0 spiro atoms. The number of hydrogen-bond acceptors (Lipinski definition) is 4. The minimum absolute atomic E-state index is 0.291. The van der Waals surface area contributed by atoms with Crippen LogP contribution in [0.2, 0.25) is 0 Å². The van der Waals surface area contributed by atoms with Crippen molar-refractivity contribution in [2.75, 3.05) is 0 Å². The Morgan fingerprint density at radius 2 is 2.00 bits per heavy atom. The summed E-state index contributed by atoms with van der Waals surface area (Å²) in [7, 11) is 0. The molecule has 2 N–H and O–H groups in total. The average Bonchev–Trinajstić information content (AvgIpc) is 2.99. The van der Waals surface area contributed by atoms with Crippen molar-refractivity contribution < 1.29 is 4.42 Å². The molecule has 2 atom stereocenters. The van der Waals surface area contributed by atoms with Crippen LogP contribution in [0.15, 0.2) is 34.7 Å². The second-order valence-corrected chi connectivity index (χ2v) is 4.97. The molecule has 1 aromatic heterocycles. The van der Waals surface area contributed by atoms with Crippen molar-refractivity contribution in [3.05, 3.63) is 47.7 Å². The standard InChI is InChI=1S/C14H17N3O/c15-12-7-6-11(9-12)14-17-16-13(18-14)8-10-4-2-1-3-5-10/h1-5,11-12H,6-9,15H2/t11-,12-/m0/s1. The van der Waals surface area contributed by atoms with E-state index in [1.807, 2.05) is 18.2 Å². The molecule has 94 valence electrons. The lowest BCUT2D eigenvalue weighted by atomic mass is 10.1. The fraction of sp³-hybridized carbons (Fsp3) is 0.429. The SMILES string of the molecule is N[C@H]1CC[C@H](c2nnc(Cc3ccccc3)o2)C1. The Kier molecular flexibility index (Phi) is 3.11. The van der Waals surface area contributed by atoms with E-state index in [2.05, 4.69) is 22.3 Å². The summed E-state index contributed by atoms with van der Waals surface area (Å²) in [6.07, 6.45) is 3.79. The number of benzene rings is 1. The highest BCUT2D eigenvalue weighted by Crippen LogP contribution is 2.32. The molecule has 1 aliphatic rings. The van der Waals surface area contributed by atoms with Crippen LogP contribution < -0.4 is 5.73 Å². The van der Waals surface area contributed by atoms with Crippen LogP contribution in [0.25, 0.3) is 0 Å². The van der Waals surface area contributed by atoms with Gasteiger partial charge in [0.25, 0.3) is 0 Å². The smallest absolute Gasteiger partial charge is 0.220 e. The van der Waals surface area contributed by atoms with Crippen LogP contribution in [-0.4, -0.2) is 16.2 Å². The Bertz CT molecular complexity index is 509. The highest BCUT2D eigenvalue weighted by Gasteiger charge is 2.27. The minimum atomic E-state index is 0.291. The van der Waals surface area contributed by atoms with Crippen molar-refractivity contribution in [1.29, 1.82) is 0 Å². The third-order valence-corrected chi connectivity index (χ3v) is 3.50. The van der Waals surface area contributed by atoms with Gasteiger partial charge in [-0.15, -0.1) is 10.2 Å². The monoisotopic (exact) mass is 243 g/mol. The predicted octanol–water partition coefficient (Wildman–Crippen LogP) is 2.26. The topological polar surface area (TPSA) is 64.9 Å². The first-order valence-corrected chi connectivity index (χ1v) is 6.43. The molecule has 3 rings (SSSR count). The predicted molar refractivity (Wildman–Crippen MR) is 68.1 cm³/mol. The van der Waals surface area contributed by atoms with Gasteiger partial charge in [-0.2, -0.15) is 0 Å². The summed E-state index contributed by atoms with van der Waals surface area (Å²) in [5, 5.41) is 8.28. The Morgan fingerprint density at radius 3 is 2.72 bits per heavy atom. The summed E-state index contributed by atoms with van der Waals surface area (Å²) in [6.45, 7) is 0. The van der Waals surface area contributed by atoms with Crippen molar-refractivity contribution >= 4 is 0 Å². The van der Waals surface area contributed by atoms with Crippen molar-refractivity contribution in [2.24, 2.45) is 5.73 Å². The molecule has 4 heteroatoms. The molecular weight excluding hydrogens is 226 g/mol. The maximum absolute atomic E-state index is 5.90. The molecule has 1 aromatic carbocycles. The summed E-state index contributed by atoms with van der Waals surface area (Å²) >= 11 is 0. The molecule has 0 aliphatic heterocycles. The van der Waals surface area contributed by atoms with E-state index in [0.29, 0.717) is 24.3 Å². The van der Waals surface area contributed by atoms with E-state index in [4.69, 9.17) is 10.2 Å². The summed E-state index contributed by atoms with van der Waals surface area (Å²) in [5.41, 5.74) is 7.09. The summed E-state index contributed by atoms with van der Waals surface area (Å²) in [6, 6.07) is 10.5. The second-order valence-electron chi connectivity index (χ2n) is 4.97. The van der Waals surface area contributed by atoms with Gasteiger partial charge in [0.1, 0.15) is 0 Å². The van der Waals surface area contributed by atoms with E-state index in [0.717, 1.165) is 25.2 Å². The second kappa shape index (κ2) is 4.90. The normalized spacial score (nSPS) is 23.4. The molecule has 0 radical (unpaired) electrons. The molecule has 1 saturated carbocycles. The zero-order valence-electron chi connectivity index (χ0n) is 10.2. The van der Waals surface area contributed by atoms with Crippen LogP contribution in [0.4, 0.5) is 0 Å². The Balaban J connectivity index is 1.70. The molecule has 2 aromatic rings. The highest BCUT2D eigenvalue weighted by atomic mass is 16.4. The van der Waals surface area contributed by atoms with E-state index in [1.165, 1.54) is 5.56 Å². The molecule has 0 bridgehead atoms. The van der Waals surface area contributed by atoms with Crippen LogP contribution >= 0.6 is 0 Å². The first-order chi connectivity index (χ1) is 8.81. The number of aromatic nitrogens is 2. The Hall–Kier alpha value is -1.68. The van der Waals surface area contributed by atoms with Gasteiger partial charge in [-0.25, -0.2) is 0 Å². The molecule has 0 amide bonds. The molecule has 0 saturated heterocycles. The van der Waals surface area contributed by atoms with E-state index in [-0.39, 0.29) is 0 Å². The van der Waals surface area contributed by atoms with Crippen LogP contribution in [0, 0.1) is 0 Å². The number of nitrogens with zero attached hydrogens (tertiary/aromatic N) is 2. The molecule has 0 unspecified atom stereocenters. The van der Waals surface area contributed by atoms with Crippen molar-refractivity contribution in [1.82, 2.24) is 10.2 Å². The highest BCUT2D eigenvalue weighted by molar-refractivity contribution is 5.17. The van der Waals surface area contributed by atoms with Crippen molar-refractivity contribution in [2.45, 2.75) is 37.6 Å². The maximum Gasteiger partial charge on any atom is 0.220 e. The molecule has 1 aliphatic carbocycles. The molecule has 18 heavy (non-hydrogen) atoms. The quantitative estimate of drug-likeness (QED) is 0.898. The fourth-order valence-electron chi connectivity index (χ4n) is 2.51. The van der Waals surface area contributed by atoms with Crippen LogP contribution in [0.5, 0.6) is 0 Å². The zero-order valence-corrected chi connectivity index (χ0v) is 10.2. The number of nitrogens with two attached hydrogens (primary N) is 1. The van der Waals surface area contributed by atoms with Crippen LogP contribution in [0.3, 0.4) is 0 Å². The molecular formula is C14H17N3O. The fourth-order valence-corrected chi connectivity index (χ4v) is 2.51. The van der Waals surface area contributed by atoms with E-state index < -0.39 is 0 Å². The van der Waals surface area contributed by atoms with Gasteiger partial charge in [-0.1, -0.05) is 30.3 Å². The van der Waals surface area contributed by atoms with E-state index >= 15 is 0 Å². The zero-order chi connectivity index (χ0) is 12.4. The Morgan fingerprint density at radius 1 is 1.17 bits per heavy atom. The van der Waals surface area contributed by atoms with E-state index in [1.54, 1.807) is 0 Å². The van der Waals surface area contributed by atoms with Gasteiger partial charge in [-0.05, 0) is 24.8 Å². The minimum Gasteiger partial charge on any atom is -0.425 e. The van der Waals surface area contributed by atoms with Crippen molar-refractivity contribution in [3.63, 3.8) is 0 Å². The van der Waals surface area contributed by atoms with Gasteiger partial charge in [0.05, 0.1) is 6.42 Å². The van der Waals surface area contributed by atoms with Gasteiger partial charge in [0.2, 0.25) is 11.8 Å². The molecule has 1 heterocycles. The molecule has 1 fully saturated rings. The third kappa shape index (κ3) is 2.43. The number of rotatable bonds is 3. The van der Waals surface area contributed by atoms with Crippen molar-refractivity contribution in [3.8, 4) is 0 Å². The van der Waals surface area contributed by atoms with Gasteiger partial charge in [0.15, 0.2) is 0 Å². The maximum atomic E-state index is 5.90. The van der Waals surface area contributed by atoms with Gasteiger partial charge in [-0.3, -0.25) is 0 Å². The molecule has 4 nitrogen and oxygen atoms in total. The largest absolute Gasteiger partial charge is 0.425 e. The lowest BCUT2D eigenvalue weighted by Crippen LogP contribution is -2.14. The summed E-state index contributed by atoms with van der Waals surface area (Å²) in [4.78, 5) is 0. The van der Waals surface area contributed by atoms with Gasteiger partial charge >= 0.3 is 0 Å². The van der Waals surface area contributed by atoms with Gasteiger partial charge < -0.3 is 10.2 Å². The lowest BCUT2D eigenvalue weighted by molar-refractivity contribution is 0.420. The first kappa shape index (κ1) is 11.4. The average molecular weight is 243 g/mol.